The van der Waals surface area contributed by atoms with E-state index in [2.05, 4.69) is 47.7 Å². The lowest BCUT2D eigenvalue weighted by molar-refractivity contribution is -0.0427. The van der Waals surface area contributed by atoms with Crippen molar-refractivity contribution >= 4 is 22.8 Å². The first-order valence-corrected chi connectivity index (χ1v) is 17.9. The Hall–Kier alpha value is -3.04. The van der Waals surface area contributed by atoms with Gasteiger partial charge < -0.3 is 19.8 Å². The average Bonchev–Trinajstić information content (AvgIpc) is 3.64. The number of nitrogens with one attached hydrogen (secondary N) is 2. The van der Waals surface area contributed by atoms with Gasteiger partial charge in [0, 0.05) is 48.2 Å². The van der Waals surface area contributed by atoms with Gasteiger partial charge in [0.05, 0.1) is 0 Å². The Bertz CT molecular complexity index is 1410. The van der Waals surface area contributed by atoms with E-state index in [9.17, 15) is 14.1 Å². The number of nitrogens with zero attached hydrogens (tertiary/aromatic N) is 3. The van der Waals surface area contributed by atoms with Crippen molar-refractivity contribution in [3.8, 4) is 11.5 Å². The Labute approximate surface area is 281 Å². The van der Waals surface area contributed by atoms with Crippen LogP contribution in [-0.2, 0) is 21.5 Å². The fourth-order valence-electron chi connectivity index (χ4n) is 5.40. The molecule has 2 heterocycles. The van der Waals surface area contributed by atoms with Crippen molar-refractivity contribution < 1.29 is 27.9 Å². The van der Waals surface area contributed by atoms with Crippen molar-refractivity contribution in [2.45, 2.75) is 129 Å². The molecule has 14 heteroatoms. The van der Waals surface area contributed by atoms with E-state index < -0.39 is 29.4 Å². The number of aliphatic hydroxyl groups is 1. The number of carbonyl (C=O) groups is 1. The van der Waals surface area contributed by atoms with Crippen LogP contribution in [0, 0.1) is 0 Å². The van der Waals surface area contributed by atoms with Crippen LogP contribution in [0.1, 0.15) is 133 Å². The molecule has 0 aliphatic heterocycles. The number of rotatable bonds is 23. The van der Waals surface area contributed by atoms with Gasteiger partial charge >= 0.3 is 0 Å². The van der Waals surface area contributed by atoms with E-state index in [-0.39, 0.29) is 48.0 Å². The quantitative estimate of drug-likeness (QED) is 0.0670. The molecule has 4 unspecified atom stereocenters. The number of nitrogens with two attached hydrogens (primary N) is 2. The largest absolute Gasteiger partial charge is 0.484 e. The molecule has 264 valence electrons. The van der Waals surface area contributed by atoms with E-state index >= 15 is 0 Å². The normalized spacial score (nSPS) is 14.6. The summed E-state index contributed by atoms with van der Waals surface area (Å²) in [5.41, 5.74) is 7.37. The van der Waals surface area contributed by atoms with E-state index in [0.717, 1.165) is 25.0 Å². The molecule has 0 saturated heterocycles. The van der Waals surface area contributed by atoms with Crippen LogP contribution in [0.4, 0.5) is 0 Å². The minimum atomic E-state index is -2.02. The lowest BCUT2D eigenvalue weighted by Crippen LogP contribution is -2.37. The number of primary amides is 1. The van der Waals surface area contributed by atoms with Crippen molar-refractivity contribution in [2.75, 3.05) is 13.2 Å². The van der Waals surface area contributed by atoms with Gasteiger partial charge in [0.15, 0.2) is 23.0 Å². The minimum Gasteiger partial charge on any atom is -0.484 e. The third-order valence-corrected chi connectivity index (χ3v) is 9.08. The summed E-state index contributed by atoms with van der Waals surface area (Å²) in [6.07, 6.45) is 9.68. The molecule has 0 saturated carbocycles. The third kappa shape index (κ3) is 11.6. The Morgan fingerprint density at radius 3 is 2.34 bits per heavy atom. The lowest BCUT2D eigenvalue weighted by atomic mass is 9.93. The SMILES string of the molecule is CCCCCCCCCCC(Oc1ccc(C(N)=O)cc1OS(=O)NCC(CC)c1nnc2cc(C(C)(C)C)[nH]n12)C(CCO)ON. The van der Waals surface area contributed by atoms with E-state index in [0.29, 0.717) is 24.3 Å². The van der Waals surface area contributed by atoms with Crippen molar-refractivity contribution in [2.24, 2.45) is 11.6 Å². The molecule has 0 radical (unpaired) electrons. The number of aromatic amines is 1. The van der Waals surface area contributed by atoms with Crippen molar-refractivity contribution in [3.63, 3.8) is 0 Å². The second-order valence-electron chi connectivity index (χ2n) is 13.1. The summed E-state index contributed by atoms with van der Waals surface area (Å²) in [7, 11) is 0. The van der Waals surface area contributed by atoms with Gasteiger partial charge in [-0.1, -0.05) is 79.6 Å². The molecule has 0 bridgehead atoms. The second-order valence-corrected chi connectivity index (χ2v) is 14.0. The number of benzene rings is 1. The monoisotopic (exact) mass is 677 g/mol. The predicted octanol–water partition coefficient (Wildman–Crippen LogP) is 5.11. The summed E-state index contributed by atoms with van der Waals surface area (Å²) in [6, 6.07) is 6.46. The smallest absolute Gasteiger partial charge is 0.288 e. The van der Waals surface area contributed by atoms with Crippen molar-refractivity contribution in [1.29, 1.82) is 0 Å². The van der Waals surface area contributed by atoms with Crippen LogP contribution in [-0.4, -0.2) is 60.4 Å². The maximum Gasteiger partial charge on any atom is 0.288 e. The second kappa shape index (κ2) is 19.1. The summed E-state index contributed by atoms with van der Waals surface area (Å²) in [6.45, 7) is 10.7. The number of H-pyrrole nitrogens is 1. The highest BCUT2D eigenvalue weighted by atomic mass is 32.2. The summed E-state index contributed by atoms with van der Waals surface area (Å²) in [5, 5.41) is 21.7. The number of fused-ring (bicyclic) bond motifs is 1. The van der Waals surface area contributed by atoms with Gasteiger partial charge in [-0.2, -0.15) is 4.21 Å². The van der Waals surface area contributed by atoms with Gasteiger partial charge in [0.1, 0.15) is 12.2 Å². The average molecular weight is 678 g/mol. The van der Waals surface area contributed by atoms with Crippen LogP contribution in [0.25, 0.3) is 5.65 Å². The molecular formula is C33H55N7O6S. The molecule has 3 aromatic rings. The van der Waals surface area contributed by atoms with Crippen LogP contribution >= 0.6 is 0 Å². The standard InChI is InChI=1S/C33H55N7O6S/c1-6-8-9-10-11-12-13-14-15-25(27(45-35)18-19-41)44-26-17-16-24(31(34)42)20-28(26)46-47(43)36-22-23(7-2)32-38-37-30-21-29(33(3,4)5)39-40(30)32/h16-17,20-21,23,25,27,36,39,41H,6-15,18-19,22,35H2,1-5H3,(H2,34,42). The Kier molecular flexibility index (Phi) is 15.6. The first-order valence-electron chi connectivity index (χ1n) is 16.9. The molecule has 1 aromatic carbocycles. The molecule has 0 fully saturated rings. The predicted molar refractivity (Wildman–Crippen MR) is 183 cm³/mol. The van der Waals surface area contributed by atoms with Crippen LogP contribution < -0.4 is 25.3 Å². The first-order chi connectivity index (χ1) is 22.5. The van der Waals surface area contributed by atoms with Crippen LogP contribution in [0.3, 0.4) is 0 Å². The number of aromatic nitrogens is 4. The van der Waals surface area contributed by atoms with E-state index in [1.54, 1.807) is 6.07 Å². The molecule has 2 aromatic heterocycles. The number of carbonyl (C=O) groups excluding carboxylic acids is 1. The molecular weight excluding hydrogens is 622 g/mol. The zero-order valence-electron chi connectivity index (χ0n) is 28.6. The maximum absolute atomic E-state index is 13.2. The summed E-state index contributed by atoms with van der Waals surface area (Å²) >= 11 is -2.02. The van der Waals surface area contributed by atoms with Gasteiger partial charge in [-0.05, 0) is 37.5 Å². The van der Waals surface area contributed by atoms with Gasteiger partial charge in [-0.25, -0.2) is 15.1 Å². The minimum absolute atomic E-state index is 0.0740. The number of unbranched alkanes of at least 4 members (excludes halogenated alkanes) is 7. The number of aliphatic hydroxyl groups excluding tert-OH is 1. The fourth-order valence-corrected chi connectivity index (χ4v) is 6.09. The summed E-state index contributed by atoms with van der Waals surface area (Å²) in [4.78, 5) is 17.2. The molecule has 13 nitrogen and oxygen atoms in total. The third-order valence-electron chi connectivity index (χ3n) is 8.35. The van der Waals surface area contributed by atoms with Crippen LogP contribution in [0.2, 0.25) is 0 Å². The van der Waals surface area contributed by atoms with Crippen LogP contribution in [0.5, 0.6) is 11.5 Å². The lowest BCUT2D eigenvalue weighted by Gasteiger charge is -2.27. The number of hydrogen-bond acceptors (Lipinski definition) is 9. The highest BCUT2D eigenvalue weighted by molar-refractivity contribution is 7.78. The van der Waals surface area contributed by atoms with Gasteiger partial charge in [0.25, 0.3) is 11.3 Å². The fraction of sp³-hybridized carbons (Fsp3) is 0.667. The van der Waals surface area contributed by atoms with Gasteiger partial charge in [-0.3, -0.25) is 14.7 Å². The van der Waals surface area contributed by atoms with Crippen molar-refractivity contribution in [3.05, 3.63) is 41.3 Å². The number of ether oxygens (including phenoxy) is 1. The molecule has 0 spiro atoms. The topological polar surface area (TPSA) is 192 Å². The molecule has 0 aliphatic carbocycles. The molecule has 7 N–H and O–H groups in total. The van der Waals surface area contributed by atoms with E-state index in [1.165, 1.54) is 44.2 Å². The van der Waals surface area contributed by atoms with Crippen LogP contribution in [0.15, 0.2) is 24.3 Å². The Morgan fingerprint density at radius 2 is 1.72 bits per heavy atom. The summed E-state index contributed by atoms with van der Waals surface area (Å²) in [5.74, 6) is 5.86. The number of hydrogen-bond donors (Lipinski definition) is 5. The maximum atomic E-state index is 13.2. The van der Waals surface area contributed by atoms with E-state index in [4.69, 9.17) is 25.4 Å². The van der Waals surface area contributed by atoms with Gasteiger partial charge in [-0.15, -0.1) is 10.2 Å². The zero-order chi connectivity index (χ0) is 34.4. The highest BCUT2D eigenvalue weighted by Gasteiger charge is 2.27. The van der Waals surface area contributed by atoms with E-state index in [1.807, 2.05) is 17.5 Å². The molecule has 1 amide bonds. The van der Waals surface area contributed by atoms with Gasteiger partial charge in [0.2, 0.25) is 5.91 Å². The summed E-state index contributed by atoms with van der Waals surface area (Å²) < 4.78 is 30.2. The Morgan fingerprint density at radius 1 is 1.02 bits per heavy atom. The Balaban J connectivity index is 1.71. The van der Waals surface area contributed by atoms with Crippen molar-refractivity contribution in [1.82, 2.24) is 24.5 Å². The molecule has 3 rings (SSSR count). The number of amides is 1. The molecule has 47 heavy (non-hydrogen) atoms. The molecule has 4 atom stereocenters. The zero-order valence-corrected chi connectivity index (χ0v) is 29.4. The first kappa shape index (κ1) is 38.4. The highest BCUT2D eigenvalue weighted by Crippen LogP contribution is 2.32. The molecule has 0 aliphatic rings.